The van der Waals surface area contributed by atoms with Gasteiger partial charge in [-0.1, -0.05) is 29.8 Å². The van der Waals surface area contributed by atoms with Crippen LogP contribution in [0.4, 0.5) is 0 Å². The Labute approximate surface area is 213 Å². The fourth-order valence-corrected chi connectivity index (χ4v) is 4.92. The molecule has 182 valence electrons. The Bertz CT molecular complexity index is 1030. The lowest BCUT2D eigenvalue weighted by Crippen LogP contribution is -2.59. The van der Waals surface area contributed by atoms with Gasteiger partial charge in [-0.05, 0) is 53.3 Å². The molecule has 0 radical (unpaired) electrons. The molecule has 0 N–H and O–H groups in total. The quantitative estimate of drug-likeness (QED) is 0.551. The molecule has 2 heterocycles. The van der Waals surface area contributed by atoms with Gasteiger partial charge in [-0.15, -0.1) is 0 Å². The molecule has 2 amide bonds. The van der Waals surface area contributed by atoms with E-state index in [0.29, 0.717) is 42.6 Å². The highest BCUT2D eigenvalue weighted by Crippen LogP contribution is 2.28. The molecule has 0 saturated carbocycles. The van der Waals surface area contributed by atoms with Crippen molar-refractivity contribution in [1.29, 1.82) is 0 Å². The van der Waals surface area contributed by atoms with E-state index < -0.39 is 5.60 Å². The predicted molar refractivity (Wildman–Crippen MR) is 134 cm³/mol. The fraction of sp³-hybridized carbons (Fsp3) is 0.440. The predicted octanol–water partition coefficient (Wildman–Crippen LogP) is 3.56. The van der Waals surface area contributed by atoms with Crippen LogP contribution in [0.3, 0.4) is 0 Å². The molecule has 2 aliphatic rings. The van der Waals surface area contributed by atoms with Crippen LogP contribution >= 0.6 is 27.5 Å². The maximum absolute atomic E-state index is 13.3. The van der Waals surface area contributed by atoms with E-state index in [0.717, 1.165) is 17.6 Å². The summed E-state index contributed by atoms with van der Waals surface area (Å²) in [4.78, 5) is 32.4. The van der Waals surface area contributed by atoms with E-state index in [4.69, 9.17) is 21.1 Å². The van der Waals surface area contributed by atoms with Gasteiger partial charge in [-0.25, -0.2) is 0 Å². The van der Waals surface area contributed by atoms with Gasteiger partial charge >= 0.3 is 0 Å². The number of carbonyl (C=O) groups is 2. The Hall–Kier alpha value is -2.13. The van der Waals surface area contributed by atoms with Crippen molar-refractivity contribution in [2.24, 2.45) is 0 Å². The molecule has 1 atom stereocenters. The monoisotopic (exact) mass is 549 g/mol. The Morgan fingerprint density at radius 3 is 2.56 bits per heavy atom. The number of piperazine rings is 1. The van der Waals surface area contributed by atoms with Crippen LogP contribution in [0.15, 0.2) is 53.0 Å². The minimum absolute atomic E-state index is 0.0120. The van der Waals surface area contributed by atoms with Crippen molar-refractivity contribution in [2.45, 2.75) is 12.0 Å². The number of carbonyl (C=O) groups excluding carboxylic acids is 2. The molecule has 34 heavy (non-hydrogen) atoms. The van der Waals surface area contributed by atoms with Crippen molar-refractivity contribution >= 4 is 39.3 Å². The zero-order chi connectivity index (χ0) is 24.1. The first kappa shape index (κ1) is 25.0. The molecule has 0 aliphatic carbocycles. The molecular formula is C25H29BrClN3O4. The SMILES string of the molecule is CN1CCN(C(=O)CC2(COc3cccc(Cl)c3)CN(C(=O)c3ccccc3Br)CCO2)CC1. The zero-order valence-electron chi connectivity index (χ0n) is 19.2. The molecule has 9 heteroatoms. The number of morpholine rings is 1. The molecule has 7 nitrogen and oxygen atoms in total. The van der Waals surface area contributed by atoms with Gasteiger partial charge in [-0.3, -0.25) is 9.59 Å². The van der Waals surface area contributed by atoms with Crippen molar-refractivity contribution in [2.75, 3.05) is 59.5 Å². The molecule has 1 unspecified atom stereocenters. The third-order valence-electron chi connectivity index (χ3n) is 6.27. The largest absolute Gasteiger partial charge is 0.490 e. The second-order valence-electron chi connectivity index (χ2n) is 8.84. The van der Waals surface area contributed by atoms with E-state index in [1.54, 1.807) is 23.1 Å². The average molecular weight is 551 g/mol. The van der Waals surface area contributed by atoms with Gasteiger partial charge in [0.2, 0.25) is 5.91 Å². The highest BCUT2D eigenvalue weighted by Gasteiger charge is 2.43. The fourth-order valence-electron chi connectivity index (χ4n) is 4.28. The smallest absolute Gasteiger partial charge is 0.255 e. The molecule has 0 spiro atoms. The molecule has 0 aromatic heterocycles. The first-order valence-corrected chi connectivity index (χ1v) is 12.5. The molecule has 2 aromatic rings. The van der Waals surface area contributed by atoms with E-state index in [1.165, 1.54) is 0 Å². The van der Waals surface area contributed by atoms with E-state index in [9.17, 15) is 9.59 Å². The van der Waals surface area contributed by atoms with Crippen LogP contribution in [0.1, 0.15) is 16.8 Å². The van der Waals surface area contributed by atoms with E-state index in [2.05, 4.69) is 27.9 Å². The van der Waals surface area contributed by atoms with Crippen molar-refractivity contribution in [3.05, 3.63) is 63.6 Å². The summed E-state index contributed by atoms with van der Waals surface area (Å²) < 4.78 is 13.0. The van der Waals surface area contributed by atoms with Crippen molar-refractivity contribution < 1.29 is 19.1 Å². The van der Waals surface area contributed by atoms with Crippen LogP contribution in [0, 0.1) is 0 Å². The van der Waals surface area contributed by atoms with Crippen LogP contribution in [0.25, 0.3) is 0 Å². The van der Waals surface area contributed by atoms with E-state index in [-0.39, 0.29) is 31.4 Å². The molecule has 2 aliphatic heterocycles. The lowest BCUT2D eigenvalue weighted by atomic mass is 9.96. The number of ether oxygens (including phenoxy) is 2. The van der Waals surface area contributed by atoms with Gasteiger partial charge in [0.05, 0.1) is 25.1 Å². The molecule has 2 saturated heterocycles. The number of benzene rings is 2. The van der Waals surface area contributed by atoms with Gasteiger partial charge < -0.3 is 24.2 Å². The normalized spacial score (nSPS) is 21.4. The number of hydrogen-bond acceptors (Lipinski definition) is 5. The van der Waals surface area contributed by atoms with Crippen LogP contribution in [-0.2, 0) is 9.53 Å². The molecule has 2 aromatic carbocycles. The first-order valence-electron chi connectivity index (χ1n) is 11.4. The second kappa shape index (κ2) is 11.1. The number of hydrogen-bond donors (Lipinski definition) is 0. The molecule has 2 fully saturated rings. The lowest BCUT2D eigenvalue weighted by molar-refractivity contribution is -0.154. The van der Waals surface area contributed by atoms with E-state index >= 15 is 0 Å². The van der Waals surface area contributed by atoms with Gasteiger partial charge in [-0.2, -0.15) is 0 Å². The van der Waals surface area contributed by atoms with Gasteiger partial charge in [0.15, 0.2) is 0 Å². The van der Waals surface area contributed by atoms with E-state index in [1.807, 2.05) is 35.2 Å². The number of nitrogens with zero attached hydrogens (tertiary/aromatic N) is 3. The maximum atomic E-state index is 13.3. The second-order valence-corrected chi connectivity index (χ2v) is 10.1. The molecular weight excluding hydrogens is 522 g/mol. The third kappa shape index (κ3) is 6.10. The summed E-state index contributed by atoms with van der Waals surface area (Å²) in [6.45, 7) is 4.20. The van der Waals surface area contributed by atoms with Crippen LogP contribution < -0.4 is 4.74 Å². The summed E-state index contributed by atoms with van der Waals surface area (Å²) >= 11 is 9.59. The van der Waals surface area contributed by atoms with Crippen molar-refractivity contribution in [1.82, 2.24) is 14.7 Å². The minimum atomic E-state index is -0.960. The highest BCUT2D eigenvalue weighted by molar-refractivity contribution is 9.10. The standard InChI is InChI=1S/C25H29BrClN3O4/c1-28-9-11-29(12-10-28)23(31)16-25(18-33-20-6-4-5-19(27)15-20)17-30(13-14-34-25)24(32)21-7-2-3-8-22(21)26/h2-8,15H,9-14,16-18H2,1H3. The van der Waals surface area contributed by atoms with Gasteiger partial charge in [0.1, 0.15) is 18.0 Å². The van der Waals surface area contributed by atoms with Crippen LogP contribution in [0.2, 0.25) is 5.02 Å². The Balaban J connectivity index is 1.54. The van der Waals surface area contributed by atoms with Crippen LogP contribution in [0.5, 0.6) is 5.75 Å². The summed E-state index contributed by atoms with van der Waals surface area (Å²) in [5.41, 5.74) is -0.378. The Morgan fingerprint density at radius 2 is 1.82 bits per heavy atom. The van der Waals surface area contributed by atoms with Gasteiger partial charge in [0, 0.05) is 42.2 Å². The Kier molecular flexibility index (Phi) is 8.14. The van der Waals surface area contributed by atoms with Crippen LogP contribution in [-0.4, -0.2) is 91.6 Å². The number of halogens is 2. The number of rotatable bonds is 6. The zero-order valence-corrected chi connectivity index (χ0v) is 21.6. The topological polar surface area (TPSA) is 62.3 Å². The van der Waals surface area contributed by atoms with Crippen molar-refractivity contribution in [3.63, 3.8) is 0 Å². The van der Waals surface area contributed by atoms with Crippen molar-refractivity contribution in [3.8, 4) is 5.75 Å². The summed E-state index contributed by atoms with van der Waals surface area (Å²) in [6.07, 6.45) is 0.136. The third-order valence-corrected chi connectivity index (χ3v) is 7.19. The minimum Gasteiger partial charge on any atom is -0.490 e. The average Bonchev–Trinajstić information content (AvgIpc) is 2.83. The summed E-state index contributed by atoms with van der Waals surface area (Å²) in [6, 6.07) is 14.5. The van der Waals surface area contributed by atoms with Gasteiger partial charge in [0.25, 0.3) is 5.91 Å². The summed E-state index contributed by atoms with van der Waals surface area (Å²) in [7, 11) is 2.05. The highest BCUT2D eigenvalue weighted by atomic mass is 79.9. The summed E-state index contributed by atoms with van der Waals surface area (Å²) in [5, 5.41) is 0.565. The maximum Gasteiger partial charge on any atom is 0.255 e. The lowest BCUT2D eigenvalue weighted by Gasteiger charge is -2.43. The number of amides is 2. The summed E-state index contributed by atoms with van der Waals surface area (Å²) in [5.74, 6) is 0.504. The molecule has 4 rings (SSSR count). The number of likely N-dealkylation sites (N-methyl/N-ethyl adjacent to an activating group) is 1. The first-order chi connectivity index (χ1) is 16.3. The Morgan fingerprint density at radius 1 is 1.06 bits per heavy atom. The molecule has 0 bridgehead atoms.